The van der Waals surface area contributed by atoms with Gasteiger partial charge in [-0.2, -0.15) is 10.1 Å². The number of nitro groups is 1. The van der Waals surface area contributed by atoms with E-state index in [0.717, 1.165) is 4.68 Å². The molecule has 2 heterocycles. The minimum absolute atomic E-state index is 0.0207. The fourth-order valence-corrected chi connectivity index (χ4v) is 2.81. The predicted octanol–water partition coefficient (Wildman–Crippen LogP) is 4.44. The highest BCUT2D eigenvalue weighted by molar-refractivity contribution is 6.36. The summed E-state index contributed by atoms with van der Waals surface area (Å²) in [6, 6.07) is 4.69. The Balaban J connectivity index is 1.92. The Morgan fingerprint density at radius 2 is 2.12 bits per heavy atom. The Kier molecular flexibility index (Phi) is 4.88. The lowest BCUT2D eigenvalue weighted by atomic mass is 10.2. The number of halogens is 4. The van der Waals surface area contributed by atoms with Gasteiger partial charge in [0.2, 0.25) is 17.4 Å². The number of hydrogen-bond donors (Lipinski definition) is 0. The third-order valence-electron chi connectivity index (χ3n) is 3.52. The summed E-state index contributed by atoms with van der Waals surface area (Å²) in [6.45, 7) is 1.10. The summed E-state index contributed by atoms with van der Waals surface area (Å²) < 4.78 is 32.0. The number of aromatic nitrogens is 4. The van der Waals surface area contributed by atoms with Crippen LogP contribution in [0.2, 0.25) is 10.0 Å². The van der Waals surface area contributed by atoms with Crippen LogP contribution in [0.3, 0.4) is 0 Å². The minimum atomic E-state index is -3.08. The largest absolute Gasteiger partial charge is 0.337 e. The van der Waals surface area contributed by atoms with Crippen molar-refractivity contribution in [3.8, 4) is 11.4 Å². The average molecular weight is 404 g/mol. The molecule has 0 aliphatic rings. The van der Waals surface area contributed by atoms with E-state index in [2.05, 4.69) is 15.2 Å². The molecular weight excluding hydrogens is 395 g/mol. The SMILES string of the molecule is Cc1c([N+](=O)[O-])c(C(F)F)nn1Cc1nc(-c2ccc(Cl)cc2Cl)no1. The Bertz CT molecular complexity index is 989. The van der Waals surface area contributed by atoms with Crippen LogP contribution >= 0.6 is 23.2 Å². The van der Waals surface area contributed by atoms with Crippen LogP contribution in [-0.2, 0) is 6.54 Å². The Morgan fingerprint density at radius 1 is 1.38 bits per heavy atom. The van der Waals surface area contributed by atoms with Gasteiger partial charge in [-0.05, 0) is 25.1 Å². The molecule has 3 rings (SSSR count). The monoisotopic (exact) mass is 403 g/mol. The standard InChI is InChI=1S/C14H9Cl2F2N5O3/c1-6-12(23(24)25)11(13(17)18)20-22(6)5-10-19-14(21-26-10)8-3-2-7(15)4-9(8)16/h2-4,13H,5H2,1H3. The number of nitrogens with zero attached hydrogens (tertiary/aromatic N) is 5. The van der Waals surface area contributed by atoms with Crippen molar-refractivity contribution in [2.75, 3.05) is 0 Å². The maximum absolute atomic E-state index is 13.0. The molecule has 0 spiro atoms. The first-order valence-corrected chi connectivity index (χ1v) is 7.81. The summed E-state index contributed by atoms with van der Waals surface area (Å²) in [4.78, 5) is 14.2. The van der Waals surface area contributed by atoms with Gasteiger partial charge in [0.15, 0.2) is 0 Å². The van der Waals surface area contributed by atoms with E-state index in [1.165, 1.54) is 13.0 Å². The van der Waals surface area contributed by atoms with Crippen molar-refractivity contribution in [2.45, 2.75) is 19.9 Å². The van der Waals surface area contributed by atoms with Crippen LogP contribution in [0.25, 0.3) is 11.4 Å². The van der Waals surface area contributed by atoms with E-state index in [9.17, 15) is 18.9 Å². The van der Waals surface area contributed by atoms with Crippen LogP contribution in [-0.4, -0.2) is 24.8 Å². The molecule has 3 aromatic rings. The lowest BCUT2D eigenvalue weighted by Gasteiger charge is -1.99. The molecule has 136 valence electrons. The lowest BCUT2D eigenvalue weighted by molar-refractivity contribution is -0.386. The molecule has 0 fully saturated rings. The van der Waals surface area contributed by atoms with Gasteiger partial charge in [-0.1, -0.05) is 28.4 Å². The van der Waals surface area contributed by atoms with Gasteiger partial charge in [0, 0.05) is 10.6 Å². The maximum atomic E-state index is 13.0. The molecule has 0 saturated carbocycles. The quantitative estimate of drug-likeness (QED) is 0.460. The van der Waals surface area contributed by atoms with Crippen molar-refractivity contribution in [3.63, 3.8) is 0 Å². The smallest absolute Gasteiger partial charge is 0.319 e. The van der Waals surface area contributed by atoms with Crippen molar-refractivity contribution in [1.82, 2.24) is 19.9 Å². The van der Waals surface area contributed by atoms with Crippen molar-refractivity contribution >= 4 is 28.9 Å². The van der Waals surface area contributed by atoms with Gasteiger partial charge < -0.3 is 4.52 Å². The highest BCUT2D eigenvalue weighted by Gasteiger charge is 2.31. The van der Waals surface area contributed by atoms with Gasteiger partial charge in [0.1, 0.15) is 12.2 Å². The Hall–Kier alpha value is -2.59. The van der Waals surface area contributed by atoms with E-state index in [4.69, 9.17) is 27.7 Å². The minimum Gasteiger partial charge on any atom is -0.337 e. The van der Waals surface area contributed by atoms with E-state index in [-0.39, 0.29) is 24.0 Å². The normalized spacial score (nSPS) is 11.3. The third kappa shape index (κ3) is 3.37. The van der Waals surface area contributed by atoms with Crippen LogP contribution < -0.4 is 0 Å². The molecule has 0 N–H and O–H groups in total. The summed E-state index contributed by atoms with van der Waals surface area (Å²) in [7, 11) is 0. The highest BCUT2D eigenvalue weighted by Crippen LogP contribution is 2.32. The molecule has 0 radical (unpaired) electrons. The Morgan fingerprint density at radius 3 is 2.69 bits per heavy atom. The fourth-order valence-electron chi connectivity index (χ4n) is 2.31. The van der Waals surface area contributed by atoms with Crippen LogP contribution in [0.4, 0.5) is 14.5 Å². The number of benzene rings is 1. The zero-order valence-electron chi connectivity index (χ0n) is 13.0. The van der Waals surface area contributed by atoms with Crippen molar-refractivity contribution in [3.05, 3.63) is 55.6 Å². The summed E-state index contributed by atoms with van der Waals surface area (Å²) in [5, 5.41) is 19.1. The van der Waals surface area contributed by atoms with Crippen LogP contribution in [0.5, 0.6) is 0 Å². The van der Waals surface area contributed by atoms with E-state index in [1.807, 2.05) is 0 Å². The van der Waals surface area contributed by atoms with Gasteiger partial charge >= 0.3 is 5.69 Å². The number of rotatable bonds is 5. The molecular formula is C14H9Cl2F2N5O3. The van der Waals surface area contributed by atoms with Crippen LogP contribution in [0.1, 0.15) is 23.7 Å². The molecule has 1 aromatic carbocycles. The summed E-state index contributed by atoms with van der Waals surface area (Å²) in [5.41, 5.74) is -1.23. The first kappa shape index (κ1) is 18.2. The molecule has 12 heteroatoms. The molecule has 0 aliphatic heterocycles. The molecule has 0 amide bonds. The second-order valence-corrected chi connectivity index (χ2v) is 6.01. The first-order valence-electron chi connectivity index (χ1n) is 7.05. The summed E-state index contributed by atoms with van der Waals surface area (Å²) in [5.74, 6) is 0.183. The average Bonchev–Trinajstić information content (AvgIpc) is 3.13. The maximum Gasteiger partial charge on any atom is 0.319 e. The predicted molar refractivity (Wildman–Crippen MR) is 87.4 cm³/mol. The molecule has 0 atom stereocenters. The zero-order valence-corrected chi connectivity index (χ0v) is 14.5. The Labute approximate surface area is 154 Å². The molecule has 8 nitrogen and oxygen atoms in total. The van der Waals surface area contributed by atoms with E-state index < -0.39 is 22.7 Å². The van der Waals surface area contributed by atoms with Gasteiger partial charge in [-0.15, -0.1) is 0 Å². The molecule has 0 bridgehead atoms. The first-order chi connectivity index (χ1) is 12.3. The number of alkyl halides is 2. The van der Waals surface area contributed by atoms with Crippen molar-refractivity contribution < 1.29 is 18.2 Å². The second-order valence-electron chi connectivity index (χ2n) is 5.17. The molecule has 0 unspecified atom stereocenters. The lowest BCUT2D eigenvalue weighted by Crippen LogP contribution is -2.05. The molecule has 0 saturated heterocycles. The summed E-state index contributed by atoms with van der Waals surface area (Å²) in [6.07, 6.45) is -3.08. The van der Waals surface area contributed by atoms with Gasteiger partial charge in [-0.25, -0.2) is 8.78 Å². The van der Waals surface area contributed by atoms with Crippen LogP contribution in [0, 0.1) is 17.0 Å². The number of hydrogen-bond acceptors (Lipinski definition) is 6. The van der Waals surface area contributed by atoms with Gasteiger partial charge in [-0.3, -0.25) is 14.8 Å². The molecule has 0 aliphatic carbocycles. The van der Waals surface area contributed by atoms with Gasteiger partial charge in [0.25, 0.3) is 6.43 Å². The third-order valence-corrected chi connectivity index (χ3v) is 4.06. The summed E-state index contributed by atoms with van der Waals surface area (Å²) >= 11 is 11.9. The highest BCUT2D eigenvalue weighted by atomic mass is 35.5. The van der Waals surface area contributed by atoms with E-state index in [1.54, 1.807) is 12.1 Å². The van der Waals surface area contributed by atoms with Gasteiger partial charge in [0.05, 0.1) is 9.95 Å². The van der Waals surface area contributed by atoms with Crippen LogP contribution in [0.15, 0.2) is 22.7 Å². The van der Waals surface area contributed by atoms with Crippen molar-refractivity contribution in [2.24, 2.45) is 0 Å². The van der Waals surface area contributed by atoms with Crippen molar-refractivity contribution in [1.29, 1.82) is 0 Å². The van der Waals surface area contributed by atoms with E-state index >= 15 is 0 Å². The second kappa shape index (κ2) is 6.96. The molecule has 26 heavy (non-hydrogen) atoms. The zero-order chi connectivity index (χ0) is 19.0. The molecule has 2 aromatic heterocycles. The fraction of sp³-hybridized carbons (Fsp3) is 0.214. The van der Waals surface area contributed by atoms with E-state index in [0.29, 0.717) is 15.6 Å². The topological polar surface area (TPSA) is 99.9 Å².